The summed E-state index contributed by atoms with van der Waals surface area (Å²) in [5, 5.41) is 9.00. The molecule has 1 aliphatic rings. The van der Waals surface area contributed by atoms with Gasteiger partial charge in [-0.15, -0.1) is 0 Å². The van der Waals surface area contributed by atoms with E-state index in [-0.39, 0.29) is 5.41 Å². The van der Waals surface area contributed by atoms with E-state index in [0.717, 1.165) is 212 Å². The lowest BCUT2D eigenvalue weighted by molar-refractivity contribution is 0.660. The number of rotatable bonds is 19. The summed E-state index contributed by atoms with van der Waals surface area (Å²) < 4.78 is 25.3. The summed E-state index contributed by atoms with van der Waals surface area (Å²) in [4.78, 5) is 9.40. The Morgan fingerprint density at radius 3 is 0.671 bits per heavy atom. The Kier molecular flexibility index (Phi) is 21.1. The lowest BCUT2D eigenvalue weighted by atomic mass is 9.82. The first-order chi connectivity index (χ1) is 70.6. The second kappa shape index (κ2) is 35.7. The number of hydrogen-bond donors (Lipinski definition) is 0. The van der Waals surface area contributed by atoms with Crippen molar-refractivity contribution in [1.82, 2.24) is 0 Å². The fourth-order valence-corrected chi connectivity index (χ4v) is 21.4. The van der Waals surface area contributed by atoms with Crippen molar-refractivity contribution in [3.05, 3.63) is 533 Å². The molecule has 1 aliphatic carbocycles. The van der Waals surface area contributed by atoms with E-state index < -0.39 is 0 Å². The van der Waals surface area contributed by atoms with Crippen molar-refractivity contribution in [3.8, 4) is 89.0 Å². The summed E-state index contributed by atoms with van der Waals surface area (Å²) in [7, 11) is 0. The molecular weight excluding hydrogens is 1740 g/mol. The molecular formula is C135H92N4O4. The van der Waals surface area contributed by atoms with Crippen LogP contribution < -0.4 is 19.6 Å². The van der Waals surface area contributed by atoms with Crippen LogP contribution in [-0.4, -0.2) is 0 Å². The van der Waals surface area contributed by atoms with Crippen LogP contribution in [0.3, 0.4) is 0 Å². The minimum absolute atomic E-state index is 0.268. The van der Waals surface area contributed by atoms with Gasteiger partial charge in [0, 0.05) is 128 Å². The van der Waals surface area contributed by atoms with Gasteiger partial charge in [-0.1, -0.05) is 341 Å². The third kappa shape index (κ3) is 15.6. The first kappa shape index (κ1) is 84.7. The van der Waals surface area contributed by atoms with E-state index in [2.05, 4.69) is 507 Å². The molecule has 8 nitrogen and oxygen atoms in total. The van der Waals surface area contributed by atoms with Crippen LogP contribution in [0.15, 0.2) is 539 Å². The predicted molar refractivity (Wildman–Crippen MR) is 596 cm³/mol. The zero-order valence-electron chi connectivity index (χ0n) is 78.6. The van der Waals surface area contributed by atoms with Crippen LogP contribution in [-0.2, 0) is 5.41 Å². The van der Waals surface area contributed by atoms with Crippen LogP contribution in [0, 0.1) is 0 Å². The van der Waals surface area contributed by atoms with Crippen LogP contribution in [0.25, 0.3) is 177 Å². The van der Waals surface area contributed by atoms with Crippen molar-refractivity contribution in [2.45, 2.75) is 19.3 Å². The quantitative estimate of drug-likeness (QED) is 0.0793. The summed E-state index contributed by atoms with van der Waals surface area (Å²) in [5.41, 5.74) is 41.1. The van der Waals surface area contributed by atoms with Gasteiger partial charge in [0.2, 0.25) is 0 Å². The van der Waals surface area contributed by atoms with Gasteiger partial charge in [0.05, 0.1) is 0 Å². The van der Waals surface area contributed by atoms with Crippen molar-refractivity contribution < 1.29 is 17.7 Å². The smallest absolute Gasteiger partial charge is 0.143 e. The fraction of sp³-hybridized carbons (Fsp3) is 0.0222. The number of fused-ring (bicyclic) bond motifs is 15. The van der Waals surface area contributed by atoms with Gasteiger partial charge in [-0.25, -0.2) is 0 Å². The standard InChI is InChI=1S/C72H48N2O2.C63H44N2O2/c1-3-12-49(13-4-1)51-22-35-58(36-23-51)73(59-37-24-52(25-38-59)50-14-5-2-6-15-50)60-39-26-53(27-40-60)54-28-41-61(42-29-54)74(62-43-30-55(31-44-62)57-34-47-71-68(48-57)66-17-8-9-20-69(66)75-71)63-45-32-56(33-46-63)64-18-11-19-67-65-16-7-10-21-70(65)76-72(64)67;1-63(2)57-39-48(64(44-14-5-3-6-15-44)45-16-7-4-8-17-45)33-35-51(57)52-36-34-49(40-58(52)63)65(46-29-24-41(25-30-46)43-28-37-61-56(38-43)54-19-10-11-22-59(54)66-61)47-31-26-42(27-32-47)50-20-13-21-55-53-18-9-12-23-60(53)67-62(50)55/h1-48H;3-40H,1-2H3. The highest BCUT2D eigenvalue weighted by Gasteiger charge is 2.38. The molecule has 8 heteroatoms. The summed E-state index contributed by atoms with van der Waals surface area (Å²) in [6, 6.07) is 186. The number of hydrogen-bond acceptors (Lipinski definition) is 8. The van der Waals surface area contributed by atoms with Gasteiger partial charge in [0.15, 0.2) is 0 Å². The Labute approximate surface area is 828 Å². The molecule has 4 heterocycles. The molecule has 0 saturated carbocycles. The van der Waals surface area contributed by atoms with E-state index in [1.165, 1.54) is 44.5 Å². The second-order valence-corrected chi connectivity index (χ2v) is 37.4. The van der Waals surface area contributed by atoms with E-state index >= 15 is 0 Å². The molecule has 0 fully saturated rings. The predicted octanol–water partition coefficient (Wildman–Crippen LogP) is 38.8. The normalized spacial score (nSPS) is 12.0. The maximum absolute atomic E-state index is 6.48. The molecule has 26 aromatic rings. The van der Waals surface area contributed by atoms with Crippen LogP contribution in [0.4, 0.5) is 68.2 Å². The molecule has 0 N–H and O–H groups in total. The topological polar surface area (TPSA) is 65.5 Å². The molecule has 0 unspecified atom stereocenters. The fourth-order valence-electron chi connectivity index (χ4n) is 21.4. The van der Waals surface area contributed by atoms with Crippen LogP contribution in [0.5, 0.6) is 0 Å². The lowest BCUT2D eigenvalue weighted by Crippen LogP contribution is -2.17. The zero-order chi connectivity index (χ0) is 95.0. The van der Waals surface area contributed by atoms with Gasteiger partial charge in [-0.2, -0.15) is 0 Å². The van der Waals surface area contributed by atoms with Gasteiger partial charge in [-0.05, 0) is 283 Å². The Balaban J connectivity index is 0.000000147. The van der Waals surface area contributed by atoms with Gasteiger partial charge < -0.3 is 37.3 Å². The SMILES string of the molecule is CC1(C)c2cc(N(c3ccccc3)c3ccccc3)ccc2-c2ccc(N(c3ccc(-c4ccc5oc6ccccc6c5c4)cc3)c3ccc(-c4cccc5c4oc4ccccc45)cc3)cc21.c1ccc(-c2ccc(N(c3ccc(-c4ccccc4)cc3)c3ccc(-c4ccc(N(c5ccc(-c6ccc7oc8ccccc8c7c6)cc5)c5ccc(-c6cccc7c6oc6ccccc67)cc5)cc4)cc3)cc2)cc1. The molecule has 676 valence electrons. The first-order valence-corrected chi connectivity index (χ1v) is 48.8. The largest absolute Gasteiger partial charge is 0.456 e. The molecule has 4 aromatic heterocycles. The van der Waals surface area contributed by atoms with Gasteiger partial charge >= 0.3 is 0 Å². The van der Waals surface area contributed by atoms with Gasteiger partial charge in [0.25, 0.3) is 0 Å². The molecule has 22 aromatic carbocycles. The molecule has 0 saturated heterocycles. The minimum Gasteiger partial charge on any atom is -0.456 e. The number of benzene rings is 22. The zero-order valence-corrected chi connectivity index (χ0v) is 78.6. The molecule has 0 bridgehead atoms. The van der Waals surface area contributed by atoms with E-state index in [1.807, 2.05) is 48.5 Å². The highest BCUT2D eigenvalue weighted by atomic mass is 16.3. The van der Waals surface area contributed by atoms with Crippen molar-refractivity contribution >= 4 is 156 Å². The van der Waals surface area contributed by atoms with E-state index in [1.54, 1.807) is 0 Å². The Hall–Kier alpha value is -18.8. The number of furan rings is 4. The molecule has 0 amide bonds. The lowest BCUT2D eigenvalue weighted by Gasteiger charge is -2.29. The maximum atomic E-state index is 6.48. The number of anilines is 12. The van der Waals surface area contributed by atoms with Crippen molar-refractivity contribution in [3.63, 3.8) is 0 Å². The average Bonchev–Trinajstić information content (AvgIpc) is 1.56. The molecule has 143 heavy (non-hydrogen) atoms. The Bertz CT molecular complexity index is 9120. The Morgan fingerprint density at radius 1 is 0.140 bits per heavy atom. The van der Waals surface area contributed by atoms with E-state index in [0.29, 0.717) is 0 Å². The van der Waals surface area contributed by atoms with Crippen molar-refractivity contribution in [2.24, 2.45) is 0 Å². The summed E-state index contributed by atoms with van der Waals surface area (Å²) in [6.45, 7) is 4.74. The first-order valence-electron chi connectivity index (χ1n) is 48.8. The minimum atomic E-state index is -0.268. The van der Waals surface area contributed by atoms with Gasteiger partial charge in [-0.3, -0.25) is 0 Å². The van der Waals surface area contributed by atoms with Crippen LogP contribution in [0.2, 0.25) is 0 Å². The third-order valence-electron chi connectivity index (χ3n) is 28.6. The van der Waals surface area contributed by atoms with Crippen LogP contribution >= 0.6 is 0 Å². The highest BCUT2D eigenvalue weighted by molar-refractivity contribution is 6.12. The molecule has 0 radical (unpaired) electrons. The van der Waals surface area contributed by atoms with Crippen molar-refractivity contribution in [2.75, 3.05) is 19.6 Å². The monoisotopic (exact) mass is 1830 g/mol. The van der Waals surface area contributed by atoms with Crippen molar-refractivity contribution in [1.29, 1.82) is 0 Å². The third-order valence-corrected chi connectivity index (χ3v) is 28.6. The number of nitrogens with zero attached hydrogens (tertiary/aromatic N) is 4. The van der Waals surface area contributed by atoms with E-state index in [9.17, 15) is 0 Å². The summed E-state index contributed by atoms with van der Waals surface area (Å²) in [6.07, 6.45) is 0. The highest BCUT2D eigenvalue weighted by Crippen LogP contribution is 2.54. The second-order valence-electron chi connectivity index (χ2n) is 37.4. The van der Waals surface area contributed by atoms with Gasteiger partial charge in [0.1, 0.15) is 44.7 Å². The molecule has 0 aliphatic heterocycles. The van der Waals surface area contributed by atoms with Crippen LogP contribution in [0.1, 0.15) is 25.0 Å². The summed E-state index contributed by atoms with van der Waals surface area (Å²) >= 11 is 0. The summed E-state index contributed by atoms with van der Waals surface area (Å²) in [5.74, 6) is 0. The Morgan fingerprint density at radius 2 is 0.357 bits per heavy atom. The molecule has 27 rings (SSSR count). The average molecular weight is 1830 g/mol. The van der Waals surface area contributed by atoms with E-state index in [4.69, 9.17) is 17.7 Å². The maximum Gasteiger partial charge on any atom is 0.143 e. The molecule has 0 atom stereocenters. The number of para-hydroxylation sites is 8. The molecule has 0 spiro atoms.